The highest BCUT2D eigenvalue weighted by atomic mass is 16.4. The van der Waals surface area contributed by atoms with E-state index in [9.17, 15) is 4.79 Å². The number of aliphatic hydroxyl groups is 1. The van der Waals surface area contributed by atoms with Crippen LogP contribution >= 0.6 is 0 Å². The Hall–Kier alpha value is -2.99. The monoisotopic (exact) mass is 309 g/mol. The molecule has 0 spiro atoms. The van der Waals surface area contributed by atoms with Gasteiger partial charge in [0.1, 0.15) is 5.69 Å². The van der Waals surface area contributed by atoms with Crippen molar-refractivity contribution >= 4 is 5.97 Å². The van der Waals surface area contributed by atoms with Gasteiger partial charge in [-0.3, -0.25) is 0 Å². The van der Waals surface area contributed by atoms with Crippen molar-refractivity contribution in [1.29, 1.82) is 0 Å². The lowest BCUT2D eigenvalue weighted by Crippen LogP contribution is -2.01. The number of aromatic nitrogens is 3. The minimum Gasteiger partial charge on any atom is -0.478 e. The van der Waals surface area contributed by atoms with Crippen molar-refractivity contribution < 1.29 is 15.0 Å². The minimum absolute atomic E-state index is 0.0132. The van der Waals surface area contributed by atoms with Gasteiger partial charge in [-0.15, -0.1) is 5.10 Å². The maximum absolute atomic E-state index is 10.8. The first kappa shape index (κ1) is 14.9. The summed E-state index contributed by atoms with van der Waals surface area (Å²) in [7, 11) is 0. The first-order valence-corrected chi connectivity index (χ1v) is 7.08. The van der Waals surface area contributed by atoms with Gasteiger partial charge in [-0.1, -0.05) is 41.6 Å². The molecule has 3 rings (SSSR count). The second-order valence-corrected chi connectivity index (χ2v) is 5.16. The Morgan fingerprint density at radius 2 is 1.65 bits per heavy atom. The smallest absolute Gasteiger partial charge is 0.335 e. The summed E-state index contributed by atoms with van der Waals surface area (Å²) in [5.41, 5.74) is 3.73. The molecule has 0 aliphatic carbocycles. The molecule has 1 heterocycles. The van der Waals surface area contributed by atoms with Gasteiger partial charge in [0.25, 0.3) is 0 Å². The Bertz CT molecular complexity index is 808. The third-order valence-electron chi connectivity index (χ3n) is 3.52. The van der Waals surface area contributed by atoms with E-state index in [1.807, 2.05) is 30.5 Å². The maximum atomic E-state index is 10.8. The van der Waals surface area contributed by atoms with Crippen LogP contribution in [0.3, 0.4) is 0 Å². The highest BCUT2D eigenvalue weighted by molar-refractivity contribution is 5.87. The van der Waals surface area contributed by atoms with Crippen molar-refractivity contribution in [2.24, 2.45) is 0 Å². The summed E-state index contributed by atoms with van der Waals surface area (Å²) in [6.45, 7) is 0.529. The van der Waals surface area contributed by atoms with Crippen LogP contribution in [0.25, 0.3) is 11.3 Å². The fourth-order valence-electron chi connectivity index (χ4n) is 2.23. The molecule has 0 fully saturated rings. The molecule has 0 atom stereocenters. The number of carboxylic acid groups (broad SMARTS) is 1. The number of nitrogens with zero attached hydrogens (tertiary/aromatic N) is 3. The van der Waals surface area contributed by atoms with E-state index in [4.69, 9.17) is 10.2 Å². The van der Waals surface area contributed by atoms with Gasteiger partial charge in [0, 0.05) is 5.56 Å². The summed E-state index contributed by atoms with van der Waals surface area (Å²) in [4.78, 5) is 10.8. The lowest BCUT2D eigenvalue weighted by Gasteiger charge is -2.01. The van der Waals surface area contributed by atoms with Crippen molar-refractivity contribution in [3.05, 3.63) is 71.4 Å². The number of aliphatic hydroxyl groups excluding tert-OH is 1. The van der Waals surface area contributed by atoms with E-state index in [2.05, 4.69) is 10.3 Å². The standard InChI is InChI=1S/C17H15N3O3/c21-11-13-3-5-14(6-4-13)16-10-20(19-18-16)9-12-1-7-15(8-2-12)17(22)23/h1-8,10,21H,9,11H2,(H,22,23). The van der Waals surface area contributed by atoms with E-state index in [0.29, 0.717) is 6.54 Å². The summed E-state index contributed by atoms with van der Waals surface area (Å²) >= 11 is 0. The van der Waals surface area contributed by atoms with Gasteiger partial charge in [0.15, 0.2) is 0 Å². The lowest BCUT2D eigenvalue weighted by atomic mass is 10.1. The van der Waals surface area contributed by atoms with E-state index < -0.39 is 5.97 Å². The first-order valence-electron chi connectivity index (χ1n) is 7.08. The fourth-order valence-corrected chi connectivity index (χ4v) is 2.23. The van der Waals surface area contributed by atoms with Gasteiger partial charge in [-0.25, -0.2) is 9.48 Å². The maximum Gasteiger partial charge on any atom is 0.335 e. The van der Waals surface area contributed by atoms with Gasteiger partial charge in [0.2, 0.25) is 0 Å². The highest BCUT2D eigenvalue weighted by Gasteiger charge is 2.06. The molecule has 1 aromatic heterocycles. The highest BCUT2D eigenvalue weighted by Crippen LogP contribution is 2.17. The molecule has 0 amide bonds. The molecule has 0 radical (unpaired) electrons. The van der Waals surface area contributed by atoms with Crippen LogP contribution in [0.2, 0.25) is 0 Å². The Morgan fingerprint density at radius 3 is 2.26 bits per heavy atom. The largest absolute Gasteiger partial charge is 0.478 e. The van der Waals surface area contributed by atoms with Crippen molar-refractivity contribution in [3.63, 3.8) is 0 Å². The van der Waals surface area contributed by atoms with Crippen LogP contribution in [0.1, 0.15) is 21.5 Å². The van der Waals surface area contributed by atoms with Crippen LogP contribution in [0.5, 0.6) is 0 Å². The SMILES string of the molecule is O=C(O)c1ccc(Cn2cc(-c3ccc(CO)cc3)nn2)cc1. The molecule has 116 valence electrons. The van der Waals surface area contributed by atoms with Crippen LogP contribution in [0, 0.1) is 0 Å². The van der Waals surface area contributed by atoms with Gasteiger partial charge < -0.3 is 10.2 Å². The predicted octanol–water partition coefficient (Wildman–Crippen LogP) is 2.18. The summed E-state index contributed by atoms with van der Waals surface area (Å²) in [6, 6.07) is 14.1. The van der Waals surface area contributed by atoms with Crippen molar-refractivity contribution in [1.82, 2.24) is 15.0 Å². The molecule has 0 unspecified atom stereocenters. The van der Waals surface area contributed by atoms with E-state index >= 15 is 0 Å². The zero-order valence-corrected chi connectivity index (χ0v) is 12.3. The lowest BCUT2D eigenvalue weighted by molar-refractivity contribution is 0.0697. The molecule has 2 aromatic carbocycles. The summed E-state index contributed by atoms with van der Waals surface area (Å²) in [5.74, 6) is -0.939. The van der Waals surface area contributed by atoms with Crippen LogP contribution in [0.4, 0.5) is 0 Å². The topological polar surface area (TPSA) is 88.2 Å². The molecule has 0 saturated heterocycles. The normalized spacial score (nSPS) is 10.7. The molecule has 0 aliphatic heterocycles. The van der Waals surface area contributed by atoms with Gasteiger partial charge in [0.05, 0.1) is 24.9 Å². The van der Waals surface area contributed by atoms with E-state index in [1.54, 1.807) is 28.9 Å². The molecule has 0 bridgehead atoms. The quantitative estimate of drug-likeness (QED) is 0.754. The average molecular weight is 309 g/mol. The van der Waals surface area contributed by atoms with E-state index in [0.717, 1.165) is 22.4 Å². The van der Waals surface area contributed by atoms with Gasteiger partial charge in [-0.2, -0.15) is 0 Å². The predicted molar refractivity (Wildman–Crippen MR) is 83.9 cm³/mol. The fraction of sp³-hybridized carbons (Fsp3) is 0.118. The van der Waals surface area contributed by atoms with Crippen molar-refractivity contribution in [3.8, 4) is 11.3 Å². The zero-order chi connectivity index (χ0) is 16.2. The molecule has 3 aromatic rings. The number of hydrogen-bond donors (Lipinski definition) is 2. The van der Waals surface area contributed by atoms with Crippen LogP contribution in [0.15, 0.2) is 54.7 Å². The van der Waals surface area contributed by atoms with Gasteiger partial charge >= 0.3 is 5.97 Å². The third-order valence-corrected chi connectivity index (χ3v) is 3.52. The molecule has 0 saturated carbocycles. The van der Waals surface area contributed by atoms with Crippen LogP contribution < -0.4 is 0 Å². The van der Waals surface area contributed by atoms with Gasteiger partial charge in [-0.05, 0) is 23.3 Å². The molecular formula is C17H15N3O3. The number of aromatic carboxylic acids is 1. The number of rotatable bonds is 5. The van der Waals surface area contributed by atoms with E-state index in [1.165, 1.54) is 0 Å². The number of carbonyl (C=O) groups is 1. The van der Waals surface area contributed by atoms with Crippen molar-refractivity contribution in [2.45, 2.75) is 13.2 Å². The Morgan fingerprint density at radius 1 is 1.00 bits per heavy atom. The second-order valence-electron chi connectivity index (χ2n) is 5.16. The number of carboxylic acids is 1. The minimum atomic E-state index is -0.939. The summed E-state index contributed by atoms with van der Waals surface area (Å²) in [6.07, 6.45) is 1.83. The summed E-state index contributed by atoms with van der Waals surface area (Å²) < 4.78 is 1.70. The van der Waals surface area contributed by atoms with Crippen LogP contribution in [-0.4, -0.2) is 31.2 Å². The summed E-state index contributed by atoms with van der Waals surface area (Å²) in [5, 5.41) is 26.2. The Balaban J connectivity index is 1.74. The van der Waals surface area contributed by atoms with E-state index in [-0.39, 0.29) is 12.2 Å². The number of benzene rings is 2. The first-order chi connectivity index (χ1) is 11.2. The van der Waals surface area contributed by atoms with Crippen molar-refractivity contribution in [2.75, 3.05) is 0 Å². The number of hydrogen-bond acceptors (Lipinski definition) is 4. The Kier molecular flexibility index (Phi) is 4.16. The second kappa shape index (κ2) is 6.41. The average Bonchev–Trinajstić information content (AvgIpc) is 3.04. The molecule has 23 heavy (non-hydrogen) atoms. The molecule has 0 aliphatic rings. The molecule has 6 nitrogen and oxygen atoms in total. The molecular weight excluding hydrogens is 294 g/mol. The zero-order valence-electron chi connectivity index (χ0n) is 12.3. The molecule has 2 N–H and O–H groups in total. The Labute approximate surface area is 132 Å². The van der Waals surface area contributed by atoms with Crippen LogP contribution in [-0.2, 0) is 13.2 Å². The molecule has 6 heteroatoms. The third kappa shape index (κ3) is 3.44.